The predicted octanol–water partition coefficient (Wildman–Crippen LogP) is 1.66. The number of hydrogen-bond acceptors (Lipinski definition) is 4. The summed E-state index contributed by atoms with van der Waals surface area (Å²) in [6, 6.07) is 6.17. The molecule has 1 aliphatic heterocycles. The van der Waals surface area contributed by atoms with Gasteiger partial charge in [0.2, 0.25) is 0 Å². The number of aliphatic hydroxyl groups is 1. The van der Waals surface area contributed by atoms with E-state index < -0.39 is 0 Å². The second-order valence-electron chi connectivity index (χ2n) is 4.63. The van der Waals surface area contributed by atoms with Crippen LogP contribution in [0.3, 0.4) is 0 Å². The van der Waals surface area contributed by atoms with Gasteiger partial charge < -0.3 is 14.6 Å². The van der Waals surface area contributed by atoms with Crippen molar-refractivity contribution in [2.24, 2.45) is 0 Å². The van der Waals surface area contributed by atoms with E-state index in [1.54, 1.807) is 14.2 Å². The van der Waals surface area contributed by atoms with E-state index in [0.29, 0.717) is 0 Å². The van der Waals surface area contributed by atoms with Crippen LogP contribution >= 0.6 is 0 Å². The van der Waals surface area contributed by atoms with Gasteiger partial charge in [0.25, 0.3) is 0 Å². The highest BCUT2D eigenvalue weighted by Gasteiger charge is 2.24. The van der Waals surface area contributed by atoms with Crippen LogP contribution in [-0.4, -0.2) is 43.4 Å². The normalized spacial score (nSPS) is 20.1. The van der Waals surface area contributed by atoms with Crippen LogP contribution in [0.5, 0.6) is 11.5 Å². The second-order valence-corrected chi connectivity index (χ2v) is 4.63. The Bertz CT molecular complexity index is 395. The van der Waals surface area contributed by atoms with Gasteiger partial charge in [-0.15, -0.1) is 0 Å². The van der Waals surface area contributed by atoms with Gasteiger partial charge in [-0.1, -0.05) is 6.07 Å². The van der Waals surface area contributed by atoms with Crippen LogP contribution in [0.25, 0.3) is 0 Å². The van der Waals surface area contributed by atoms with E-state index in [2.05, 4.69) is 4.90 Å². The second kappa shape index (κ2) is 6.07. The summed E-state index contributed by atoms with van der Waals surface area (Å²) < 4.78 is 10.6. The Morgan fingerprint density at radius 1 is 1.33 bits per heavy atom. The molecule has 1 saturated heterocycles. The summed E-state index contributed by atoms with van der Waals surface area (Å²) in [5, 5.41) is 9.33. The van der Waals surface area contributed by atoms with Gasteiger partial charge >= 0.3 is 0 Å². The summed E-state index contributed by atoms with van der Waals surface area (Å²) in [5.74, 6) is 1.65. The maximum absolute atomic E-state index is 9.33. The summed E-state index contributed by atoms with van der Waals surface area (Å²) in [6.07, 6.45) is 2.23. The molecular weight excluding hydrogens is 230 g/mol. The van der Waals surface area contributed by atoms with E-state index in [1.807, 2.05) is 18.2 Å². The fraction of sp³-hybridized carbons (Fsp3) is 0.571. The number of likely N-dealkylation sites (tertiary alicyclic amines) is 1. The van der Waals surface area contributed by atoms with Crippen molar-refractivity contribution in [2.75, 3.05) is 27.4 Å². The third kappa shape index (κ3) is 2.76. The highest BCUT2D eigenvalue weighted by atomic mass is 16.5. The first kappa shape index (κ1) is 13.2. The van der Waals surface area contributed by atoms with Crippen molar-refractivity contribution in [1.29, 1.82) is 0 Å². The van der Waals surface area contributed by atoms with Crippen molar-refractivity contribution < 1.29 is 14.6 Å². The Kier molecular flexibility index (Phi) is 4.44. The third-order valence-corrected chi connectivity index (χ3v) is 3.58. The van der Waals surface area contributed by atoms with Crippen LogP contribution in [0.2, 0.25) is 0 Å². The highest BCUT2D eigenvalue weighted by molar-refractivity contribution is 5.40. The van der Waals surface area contributed by atoms with Crippen LogP contribution in [0.1, 0.15) is 18.4 Å². The molecule has 0 amide bonds. The minimum atomic E-state index is 0.235. The molecule has 1 N–H and O–H groups in total. The van der Waals surface area contributed by atoms with Gasteiger partial charge in [-0.2, -0.15) is 0 Å². The molecule has 0 radical (unpaired) electrons. The van der Waals surface area contributed by atoms with E-state index in [9.17, 15) is 5.11 Å². The van der Waals surface area contributed by atoms with Crippen LogP contribution < -0.4 is 9.47 Å². The molecule has 1 atom stereocenters. The van der Waals surface area contributed by atoms with Crippen LogP contribution in [0.4, 0.5) is 0 Å². The fourth-order valence-electron chi connectivity index (χ4n) is 2.51. The minimum Gasteiger partial charge on any atom is -0.497 e. The van der Waals surface area contributed by atoms with Crippen LogP contribution in [0, 0.1) is 0 Å². The molecule has 1 heterocycles. The van der Waals surface area contributed by atoms with Crippen LogP contribution in [0.15, 0.2) is 18.2 Å². The average Bonchev–Trinajstić information content (AvgIpc) is 2.86. The van der Waals surface area contributed by atoms with E-state index in [4.69, 9.17) is 9.47 Å². The highest BCUT2D eigenvalue weighted by Crippen LogP contribution is 2.28. The molecule has 0 spiro atoms. The van der Waals surface area contributed by atoms with E-state index in [-0.39, 0.29) is 12.6 Å². The fourth-order valence-corrected chi connectivity index (χ4v) is 2.51. The number of aliphatic hydroxyl groups excluding tert-OH is 1. The lowest BCUT2D eigenvalue weighted by molar-refractivity contribution is 0.152. The Balaban J connectivity index is 2.13. The van der Waals surface area contributed by atoms with Gasteiger partial charge in [0.1, 0.15) is 11.5 Å². The molecule has 0 aromatic heterocycles. The van der Waals surface area contributed by atoms with Crippen LogP contribution in [-0.2, 0) is 6.54 Å². The molecule has 18 heavy (non-hydrogen) atoms. The monoisotopic (exact) mass is 251 g/mol. The maximum atomic E-state index is 9.33. The number of ether oxygens (including phenoxy) is 2. The smallest absolute Gasteiger partial charge is 0.127 e. The number of rotatable bonds is 5. The first-order valence-corrected chi connectivity index (χ1v) is 6.34. The van der Waals surface area contributed by atoms with Crippen molar-refractivity contribution >= 4 is 0 Å². The summed E-state index contributed by atoms with van der Waals surface area (Å²) in [6.45, 7) is 2.09. The molecular formula is C14H21NO3. The molecule has 1 fully saturated rings. The van der Waals surface area contributed by atoms with Gasteiger partial charge in [0.05, 0.1) is 20.8 Å². The Morgan fingerprint density at radius 2 is 2.17 bits per heavy atom. The third-order valence-electron chi connectivity index (χ3n) is 3.58. The average molecular weight is 251 g/mol. The molecule has 4 heteroatoms. The van der Waals surface area contributed by atoms with E-state index >= 15 is 0 Å². The SMILES string of the molecule is COc1ccc(CN2CCCC2CO)c(OC)c1. The quantitative estimate of drug-likeness (QED) is 0.864. The van der Waals surface area contributed by atoms with Gasteiger partial charge in [0, 0.05) is 24.2 Å². The van der Waals surface area contributed by atoms with Gasteiger partial charge in [-0.25, -0.2) is 0 Å². The lowest BCUT2D eigenvalue weighted by atomic mass is 10.1. The summed E-state index contributed by atoms with van der Waals surface area (Å²) in [4.78, 5) is 2.31. The number of benzene rings is 1. The van der Waals surface area contributed by atoms with Crippen molar-refractivity contribution in [3.63, 3.8) is 0 Å². The molecule has 4 nitrogen and oxygen atoms in total. The lowest BCUT2D eigenvalue weighted by Gasteiger charge is -2.23. The molecule has 1 aliphatic rings. The first-order chi connectivity index (χ1) is 8.78. The molecule has 0 bridgehead atoms. The minimum absolute atomic E-state index is 0.235. The summed E-state index contributed by atoms with van der Waals surface area (Å²) >= 11 is 0. The number of nitrogens with zero attached hydrogens (tertiary/aromatic N) is 1. The van der Waals surface area contributed by atoms with Gasteiger partial charge in [-0.05, 0) is 25.5 Å². The first-order valence-electron chi connectivity index (χ1n) is 6.34. The zero-order valence-corrected chi connectivity index (χ0v) is 11.1. The molecule has 1 unspecified atom stereocenters. The Morgan fingerprint density at radius 3 is 2.83 bits per heavy atom. The van der Waals surface area contributed by atoms with E-state index in [0.717, 1.165) is 43.0 Å². The van der Waals surface area contributed by atoms with Gasteiger partial charge in [0.15, 0.2) is 0 Å². The number of hydrogen-bond donors (Lipinski definition) is 1. The predicted molar refractivity (Wildman–Crippen MR) is 70.1 cm³/mol. The van der Waals surface area contributed by atoms with Crippen molar-refractivity contribution in [1.82, 2.24) is 4.90 Å². The van der Waals surface area contributed by atoms with Gasteiger partial charge in [-0.3, -0.25) is 4.90 Å². The lowest BCUT2D eigenvalue weighted by Crippen LogP contribution is -2.31. The van der Waals surface area contributed by atoms with Crippen molar-refractivity contribution in [3.8, 4) is 11.5 Å². The molecule has 2 rings (SSSR count). The molecule has 100 valence electrons. The largest absolute Gasteiger partial charge is 0.497 e. The van der Waals surface area contributed by atoms with Crippen molar-refractivity contribution in [2.45, 2.75) is 25.4 Å². The Hall–Kier alpha value is -1.26. The molecule has 0 saturated carbocycles. The zero-order valence-electron chi connectivity index (χ0n) is 11.1. The standard InChI is InChI=1S/C14H21NO3/c1-17-13-6-5-11(14(8-13)18-2)9-15-7-3-4-12(15)10-16/h5-6,8,12,16H,3-4,7,9-10H2,1-2H3. The topological polar surface area (TPSA) is 41.9 Å². The molecule has 0 aliphatic carbocycles. The summed E-state index contributed by atoms with van der Waals surface area (Å²) in [7, 11) is 3.32. The van der Waals surface area contributed by atoms with Crippen molar-refractivity contribution in [3.05, 3.63) is 23.8 Å². The zero-order chi connectivity index (χ0) is 13.0. The Labute approximate surface area is 108 Å². The number of methoxy groups -OCH3 is 2. The maximum Gasteiger partial charge on any atom is 0.127 e. The molecule has 1 aromatic carbocycles. The summed E-state index contributed by atoms with van der Waals surface area (Å²) in [5.41, 5.74) is 1.14. The van der Waals surface area contributed by atoms with E-state index in [1.165, 1.54) is 0 Å². The molecule has 1 aromatic rings.